The monoisotopic (exact) mass is 510 g/mol. The Labute approximate surface area is 224 Å². The minimum Gasteiger partial charge on any atom is -0.508 e. The smallest absolute Gasteiger partial charge is 0.161 e. The summed E-state index contributed by atoms with van der Waals surface area (Å²) in [4.78, 5) is 2.20. The van der Waals surface area contributed by atoms with Crippen LogP contribution in [0.2, 0.25) is 0 Å². The largest absolute Gasteiger partial charge is 0.508 e. The van der Waals surface area contributed by atoms with Crippen LogP contribution in [-0.2, 0) is 6.54 Å². The van der Waals surface area contributed by atoms with Gasteiger partial charge in [-0.1, -0.05) is 78.9 Å². The Bertz CT molecular complexity index is 1270. The molecule has 5 N–H and O–H groups in total. The summed E-state index contributed by atoms with van der Waals surface area (Å²) in [5.41, 5.74) is 10.6. The van der Waals surface area contributed by atoms with Gasteiger partial charge in [0.05, 0.1) is 13.2 Å². The minimum atomic E-state index is 0.0425. The first-order valence-corrected chi connectivity index (χ1v) is 12.3. The second-order valence-corrected chi connectivity index (χ2v) is 8.35. The highest BCUT2D eigenvalue weighted by Crippen LogP contribution is 2.29. The summed E-state index contributed by atoms with van der Waals surface area (Å²) >= 11 is 0. The lowest BCUT2D eigenvalue weighted by molar-refractivity contribution is 0.289. The zero-order valence-electron chi connectivity index (χ0n) is 21.2. The molecule has 0 saturated carbocycles. The van der Waals surface area contributed by atoms with Crippen LogP contribution >= 0.6 is 0 Å². The van der Waals surface area contributed by atoms with Gasteiger partial charge >= 0.3 is 0 Å². The van der Waals surface area contributed by atoms with E-state index in [9.17, 15) is 0 Å². The molecule has 38 heavy (non-hydrogen) atoms. The van der Waals surface area contributed by atoms with Crippen molar-refractivity contribution >= 4 is 23.5 Å². The maximum atomic E-state index is 8.91. The lowest BCUT2D eigenvalue weighted by atomic mass is 10.1. The Morgan fingerprint density at radius 1 is 0.737 bits per heavy atom. The number of rotatable bonds is 5. The Kier molecular flexibility index (Phi) is 11.5. The molecule has 0 aromatic heterocycles. The molecule has 5 rings (SSSR count). The van der Waals surface area contributed by atoms with Crippen LogP contribution in [0.25, 0.3) is 12.2 Å². The number of nitrogen functional groups attached to an aromatic ring is 1. The van der Waals surface area contributed by atoms with Crippen molar-refractivity contribution in [2.75, 3.05) is 30.6 Å². The summed E-state index contributed by atoms with van der Waals surface area (Å²) in [7, 11) is 0. The molecule has 196 valence electrons. The number of phenols is 1. The van der Waals surface area contributed by atoms with Crippen molar-refractivity contribution in [2.24, 2.45) is 0 Å². The quantitative estimate of drug-likeness (QED) is 0.257. The average Bonchev–Trinajstić information content (AvgIpc) is 2.97. The normalized spacial score (nSPS) is 12.1. The molecule has 0 spiro atoms. The minimum absolute atomic E-state index is 0.0425. The van der Waals surface area contributed by atoms with Crippen LogP contribution in [0.15, 0.2) is 115 Å². The van der Waals surface area contributed by atoms with Gasteiger partial charge in [0.15, 0.2) is 6.73 Å². The van der Waals surface area contributed by atoms with E-state index in [2.05, 4.69) is 23.1 Å². The number of hydrogen-bond acceptors (Lipinski definition) is 6. The Balaban J connectivity index is 0.000000186. The first-order valence-electron chi connectivity index (χ1n) is 12.3. The predicted molar refractivity (Wildman–Crippen MR) is 156 cm³/mol. The van der Waals surface area contributed by atoms with E-state index < -0.39 is 0 Å². The molecule has 4 aromatic rings. The number of phenolic OH excluding ortho intramolecular Hbond substituents is 1. The van der Waals surface area contributed by atoms with Crippen molar-refractivity contribution in [3.63, 3.8) is 0 Å². The standard InChI is InChI=1S/C17H17NO2.C9H10O2.C6H7N/c19-10-4-5-14-8-9-17-15(11-14)12-18(13-20-17)16-6-2-1-3-7-16;10-7-1-2-8-3-5-9(11)6-4-8;7-6-4-2-1-3-5-6/h1-9,11,19H,10,12-13H2;1-6,10-11H,7H2;1-5H,7H2/b5-4+;2-1+;. The lowest BCUT2D eigenvalue weighted by Crippen LogP contribution is -2.31. The highest BCUT2D eigenvalue weighted by Gasteiger charge is 2.17. The number of aliphatic hydroxyl groups excluding tert-OH is 2. The van der Waals surface area contributed by atoms with Crippen LogP contribution in [0, 0.1) is 0 Å². The fourth-order valence-electron chi connectivity index (χ4n) is 3.59. The third-order valence-electron chi connectivity index (χ3n) is 5.47. The molecule has 4 aromatic carbocycles. The van der Waals surface area contributed by atoms with Crippen LogP contribution < -0.4 is 15.4 Å². The van der Waals surface area contributed by atoms with Crippen molar-refractivity contribution in [3.8, 4) is 11.5 Å². The molecule has 0 atom stereocenters. The summed E-state index contributed by atoms with van der Waals surface area (Å²) in [6.45, 7) is 1.51. The van der Waals surface area contributed by atoms with E-state index in [0.29, 0.717) is 6.73 Å². The van der Waals surface area contributed by atoms with E-state index in [1.54, 1.807) is 42.5 Å². The molecule has 0 radical (unpaired) electrons. The first kappa shape index (κ1) is 28.1. The number of aliphatic hydroxyl groups is 2. The number of nitrogens with zero attached hydrogens (tertiary/aromatic N) is 1. The van der Waals surface area contributed by atoms with Crippen LogP contribution in [0.3, 0.4) is 0 Å². The highest BCUT2D eigenvalue weighted by molar-refractivity contribution is 5.56. The number of nitrogens with two attached hydrogens (primary N) is 1. The maximum absolute atomic E-state index is 8.91. The first-order chi connectivity index (χ1) is 18.6. The van der Waals surface area contributed by atoms with Gasteiger partial charge in [0.2, 0.25) is 0 Å². The predicted octanol–water partition coefficient (Wildman–Crippen LogP) is 5.72. The molecular formula is C32H34N2O4. The molecule has 1 heterocycles. The fraction of sp³-hybridized carbons (Fsp3) is 0.125. The van der Waals surface area contributed by atoms with Crippen molar-refractivity contribution in [3.05, 3.63) is 132 Å². The second-order valence-electron chi connectivity index (χ2n) is 8.35. The topological polar surface area (TPSA) is 99.2 Å². The third kappa shape index (κ3) is 9.50. The van der Waals surface area contributed by atoms with Crippen molar-refractivity contribution < 1.29 is 20.1 Å². The molecule has 1 aliphatic rings. The summed E-state index contributed by atoms with van der Waals surface area (Å²) in [5.74, 6) is 1.20. The van der Waals surface area contributed by atoms with Gasteiger partial charge in [0.1, 0.15) is 11.5 Å². The number of para-hydroxylation sites is 2. The Morgan fingerprint density at radius 3 is 1.89 bits per heavy atom. The highest BCUT2D eigenvalue weighted by atomic mass is 16.5. The summed E-state index contributed by atoms with van der Waals surface area (Å²) in [6, 6.07) is 32.6. The zero-order valence-corrected chi connectivity index (χ0v) is 21.2. The van der Waals surface area contributed by atoms with E-state index in [1.165, 1.54) is 5.56 Å². The molecule has 1 aliphatic heterocycles. The maximum Gasteiger partial charge on any atom is 0.161 e. The van der Waals surface area contributed by atoms with Gasteiger partial charge < -0.3 is 30.7 Å². The SMILES string of the molecule is Nc1ccccc1.OC/C=C/c1ccc(O)cc1.OC/C=C/c1ccc2c(c1)CN(c1ccccc1)CO2. The molecule has 0 aliphatic carbocycles. The molecule has 0 saturated heterocycles. The molecule has 0 amide bonds. The van der Waals surface area contributed by atoms with Crippen molar-refractivity contribution in [1.29, 1.82) is 0 Å². The van der Waals surface area contributed by atoms with Crippen molar-refractivity contribution in [1.82, 2.24) is 0 Å². The van der Waals surface area contributed by atoms with E-state index in [-0.39, 0.29) is 19.0 Å². The van der Waals surface area contributed by atoms with Crippen LogP contribution in [0.5, 0.6) is 11.5 Å². The number of ether oxygens (including phenoxy) is 1. The number of hydrogen-bond donors (Lipinski definition) is 4. The van der Waals surface area contributed by atoms with Gasteiger partial charge in [-0.05, 0) is 59.7 Å². The third-order valence-corrected chi connectivity index (χ3v) is 5.47. The zero-order chi connectivity index (χ0) is 27.0. The van der Waals surface area contributed by atoms with Crippen molar-refractivity contribution in [2.45, 2.75) is 6.54 Å². The summed E-state index contributed by atoms with van der Waals surface area (Å²) in [5, 5.41) is 26.2. The van der Waals surface area contributed by atoms with Gasteiger partial charge in [-0.15, -0.1) is 0 Å². The average molecular weight is 511 g/mol. The summed E-state index contributed by atoms with van der Waals surface area (Å²) < 4.78 is 5.80. The number of benzene rings is 4. The van der Waals surface area contributed by atoms with Gasteiger partial charge in [-0.25, -0.2) is 0 Å². The summed E-state index contributed by atoms with van der Waals surface area (Å²) in [6.07, 6.45) is 7.09. The fourth-order valence-corrected chi connectivity index (χ4v) is 3.59. The van der Waals surface area contributed by atoms with Crippen LogP contribution in [-0.4, -0.2) is 35.3 Å². The second kappa shape index (κ2) is 15.6. The van der Waals surface area contributed by atoms with Gasteiger partial charge in [-0.2, -0.15) is 0 Å². The van der Waals surface area contributed by atoms with E-state index in [1.807, 2.05) is 66.7 Å². The van der Waals surface area contributed by atoms with Gasteiger partial charge in [0.25, 0.3) is 0 Å². The van der Waals surface area contributed by atoms with Crippen LogP contribution in [0.4, 0.5) is 11.4 Å². The Hall–Kier alpha value is -4.52. The van der Waals surface area contributed by atoms with Gasteiger partial charge in [-0.3, -0.25) is 0 Å². The molecule has 0 unspecified atom stereocenters. The van der Waals surface area contributed by atoms with Crippen LogP contribution in [0.1, 0.15) is 16.7 Å². The van der Waals surface area contributed by atoms with Gasteiger partial charge in [0, 0.05) is 23.5 Å². The molecular weight excluding hydrogens is 476 g/mol. The number of aromatic hydroxyl groups is 1. The lowest BCUT2D eigenvalue weighted by Gasteiger charge is -2.31. The van der Waals surface area contributed by atoms with E-state index in [0.717, 1.165) is 34.8 Å². The molecule has 6 nitrogen and oxygen atoms in total. The molecule has 6 heteroatoms. The number of anilines is 2. The van der Waals surface area contributed by atoms with E-state index in [4.69, 9.17) is 25.8 Å². The Morgan fingerprint density at radius 2 is 1.32 bits per heavy atom. The molecule has 0 fully saturated rings. The number of fused-ring (bicyclic) bond motifs is 1. The molecule has 0 bridgehead atoms. The van der Waals surface area contributed by atoms with E-state index >= 15 is 0 Å².